The van der Waals surface area contributed by atoms with Gasteiger partial charge in [0.25, 0.3) is 0 Å². The minimum Gasteiger partial charge on any atom is -0.329 e. The Balaban J connectivity index is 2.10. The van der Waals surface area contributed by atoms with E-state index < -0.39 is 0 Å². The average molecular weight is 238 g/mol. The maximum absolute atomic E-state index is 6.20. The average Bonchev–Trinajstić information content (AvgIpc) is 2.83. The van der Waals surface area contributed by atoms with Crippen LogP contribution in [0.1, 0.15) is 64.7 Å². The van der Waals surface area contributed by atoms with Gasteiger partial charge in [-0.05, 0) is 38.6 Å². The van der Waals surface area contributed by atoms with Gasteiger partial charge >= 0.3 is 0 Å². The van der Waals surface area contributed by atoms with E-state index in [1.54, 1.807) is 0 Å². The molecule has 0 aromatic carbocycles. The molecule has 100 valence electrons. The van der Waals surface area contributed by atoms with Crippen LogP contribution in [0.5, 0.6) is 0 Å². The van der Waals surface area contributed by atoms with Gasteiger partial charge in [-0.1, -0.05) is 39.0 Å². The van der Waals surface area contributed by atoms with Gasteiger partial charge in [0, 0.05) is 18.1 Å². The summed E-state index contributed by atoms with van der Waals surface area (Å²) in [5.41, 5.74) is 6.53. The summed E-state index contributed by atoms with van der Waals surface area (Å²) in [7, 11) is 2.36. The highest BCUT2D eigenvalue weighted by atomic mass is 15.2. The molecule has 17 heavy (non-hydrogen) atoms. The molecule has 0 amide bonds. The molecule has 0 spiro atoms. The van der Waals surface area contributed by atoms with E-state index in [2.05, 4.69) is 18.9 Å². The molecule has 2 N–H and O–H groups in total. The van der Waals surface area contributed by atoms with Crippen molar-refractivity contribution in [2.24, 2.45) is 11.7 Å². The molecule has 0 aromatic rings. The monoisotopic (exact) mass is 238 g/mol. The summed E-state index contributed by atoms with van der Waals surface area (Å²) in [6.45, 7) is 3.20. The van der Waals surface area contributed by atoms with Crippen molar-refractivity contribution in [1.29, 1.82) is 0 Å². The summed E-state index contributed by atoms with van der Waals surface area (Å²) in [5.74, 6) is 0.833. The Morgan fingerprint density at radius 3 is 2.41 bits per heavy atom. The van der Waals surface area contributed by atoms with Crippen LogP contribution in [0, 0.1) is 5.92 Å². The zero-order chi connectivity index (χ0) is 12.3. The maximum Gasteiger partial charge on any atom is 0.0359 e. The van der Waals surface area contributed by atoms with E-state index in [0.29, 0.717) is 5.54 Å². The third-order valence-corrected chi connectivity index (χ3v) is 5.59. The smallest absolute Gasteiger partial charge is 0.0359 e. The van der Waals surface area contributed by atoms with E-state index >= 15 is 0 Å². The first-order chi connectivity index (χ1) is 8.24. The Morgan fingerprint density at radius 1 is 1.12 bits per heavy atom. The molecular formula is C15H30N2. The Kier molecular flexibility index (Phi) is 4.48. The Morgan fingerprint density at radius 2 is 1.82 bits per heavy atom. The van der Waals surface area contributed by atoms with Crippen LogP contribution in [0.25, 0.3) is 0 Å². The number of nitrogens with two attached hydrogens (primary N) is 1. The van der Waals surface area contributed by atoms with Crippen LogP contribution in [0.15, 0.2) is 0 Å². The first kappa shape index (κ1) is 13.4. The second kappa shape index (κ2) is 5.71. The fraction of sp³-hybridized carbons (Fsp3) is 1.00. The first-order valence-corrected chi connectivity index (χ1v) is 7.67. The summed E-state index contributed by atoms with van der Waals surface area (Å²) in [6.07, 6.45) is 12.5. The lowest BCUT2D eigenvalue weighted by Gasteiger charge is -2.48. The Labute approximate surface area is 107 Å². The molecule has 2 fully saturated rings. The van der Waals surface area contributed by atoms with Crippen molar-refractivity contribution in [3.05, 3.63) is 0 Å². The van der Waals surface area contributed by atoms with Crippen LogP contribution in [-0.4, -0.2) is 30.1 Å². The van der Waals surface area contributed by atoms with Gasteiger partial charge in [-0.2, -0.15) is 0 Å². The van der Waals surface area contributed by atoms with Crippen molar-refractivity contribution >= 4 is 0 Å². The van der Waals surface area contributed by atoms with E-state index in [1.165, 1.54) is 57.8 Å². The fourth-order valence-corrected chi connectivity index (χ4v) is 4.42. The van der Waals surface area contributed by atoms with Crippen molar-refractivity contribution in [1.82, 2.24) is 4.90 Å². The number of hydrogen-bond donors (Lipinski definition) is 1. The normalized spacial score (nSPS) is 35.6. The zero-order valence-electron chi connectivity index (χ0n) is 11.8. The van der Waals surface area contributed by atoms with E-state index in [1.807, 2.05) is 0 Å². The Bertz CT molecular complexity index is 235. The minimum atomic E-state index is 0.330. The Hall–Kier alpha value is -0.0800. The molecule has 0 radical (unpaired) electrons. The van der Waals surface area contributed by atoms with Crippen molar-refractivity contribution in [3.63, 3.8) is 0 Å². The molecule has 0 heterocycles. The molecule has 2 nitrogen and oxygen atoms in total. The van der Waals surface area contributed by atoms with Gasteiger partial charge in [0.05, 0.1) is 0 Å². The highest BCUT2D eigenvalue weighted by molar-refractivity contribution is 5.02. The summed E-state index contributed by atoms with van der Waals surface area (Å²) in [4.78, 5) is 2.70. The van der Waals surface area contributed by atoms with Crippen molar-refractivity contribution in [2.45, 2.75) is 76.3 Å². The van der Waals surface area contributed by atoms with Crippen LogP contribution in [-0.2, 0) is 0 Å². The molecule has 2 aliphatic rings. The number of hydrogen-bond acceptors (Lipinski definition) is 2. The van der Waals surface area contributed by atoms with Crippen LogP contribution in [0.4, 0.5) is 0 Å². The minimum absolute atomic E-state index is 0.330. The summed E-state index contributed by atoms with van der Waals surface area (Å²) in [6, 6.07) is 0.805. The highest BCUT2D eigenvalue weighted by Gasteiger charge is 2.45. The van der Waals surface area contributed by atoms with E-state index in [4.69, 9.17) is 5.73 Å². The lowest BCUT2D eigenvalue weighted by atomic mass is 9.81. The molecule has 2 saturated carbocycles. The molecule has 2 unspecified atom stereocenters. The molecule has 2 aliphatic carbocycles. The van der Waals surface area contributed by atoms with Gasteiger partial charge < -0.3 is 5.73 Å². The molecular weight excluding hydrogens is 208 g/mol. The fourth-order valence-electron chi connectivity index (χ4n) is 4.42. The largest absolute Gasteiger partial charge is 0.329 e. The molecule has 0 saturated heterocycles. The van der Waals surface area contributed by atoms with E-state index in [9.17, 15) is 0 Å². The van der Waals surface area contributed by atoms with Crippen LogP contribution >= 0.6 is 0 Å². The third-order valence-electron chi connectivity index (χ3n) is 5.59. The highest BCUT2D eigenvalue weighted by Crippen LogP contribution is 2.43. The van der Waals surface area contributed by atoms with Gasteiger partial charge in [0.2, 0.25) is 0 Å². The van der Waals surface area contributed by atoms with E-state index in [-0.39, 0.29) is 0 Å². The standard InChI is InChI=1S/C15H30N2/c1-3-13-8-7-11-15(13,12-16)17(2)14-9-5-4-6-10-14/h13-14H,3-12,16H2,1-2H3. The quantitative estimate of drug-likeness (QED) is 0.815. The van der Waals surface area contributed by atoms with Gasteiger partial charge in [0.1, 0.15) is 0 Å². The summed E-state index contributed by atoms with van der Waals surface area (Å²) < 4.78 is 0. The lowest BCUT2D eigenvalue weighted by molar-refractivity contribution is 0.0269. The molecule has 2 rings (SSSR count). The molecule has 0 bridgehead atoms. The van der Waals surface area contributed by atoms with Crippen LogP contribution in [0.2, 0.25) is 0 Å². The molecule has 2 heteroatoms. The summed E-state index contributed by atoms with van der Waals surface area (Å²) >= 11 is 0. The zero-order valence-corrected chi connectivity index (χ0v) is 11.8. The van der Waals surface area contributed by atoms with Crippen molar-refractivity contribution < 1.29 is 0 Å². The number of likely N-dealkylation sites (N-methyl/N-ethyl adjacent to an activating group) is 1. The topological polar surface area (TPSA) is 29.3 Å². The SMILES string of the molecule is CCC1CCCC1(CN)N(C)C1CCCCC1. The predicted octanol–water partition coefficient (Wildman–Crippen LogP) is 3.16. The van der Waals surface area contributed by atoms with Gasteiger partial charge in [-0.25, -0.2) is 0 Å². The van der Waals surface area contributed by atoms with Gasteiger partial charge in [0.15, 0.2) is 0 Å². The number of nitrogens with zero attached hydrogens (tertiary/aromatic N) is 1. The summed E-state index contributed by atoms with van der Waals surface area (Å²) in [5, 5.41) is 0. The number of rotatable bonds is 4. The molecule has 2 atom stereocenters. The molecule has 0 aliphatic heterocycles. The van der Waals surface area contributed by atoms with Crippen molar-refractivity contribution in [3.8, 4) is 0 Å². The van der Waals surface area contributed by atoms with Gasteiger partial charge in [-0.3, -0.25) is 4.90 Å². The van der Waals surface area contributed by atoms with Crippen LogP contribution in [0.3, 0.4) is 0 Å². The second-order valence-electron chi connectivity index (χ2n) is 6.21. The maximum atomic E-state index is 6.20. The van der Waals surface area contributed by atoms with Crippen LogP contribution < -0.4 is 5.73 Å². The first-order valence-electron chi connectivity index (χ1n) is 7.67. The van der Waals surface area contributed by atoms with E-state index in [0.717, 1.165) is 18.5 Å². The van der Waals surface area contributed by atoms with Gasteiger partial charge in [-0.15, -0.1) is 0 Å². The lowest BCUT2D eigenvalue weighted by Crippen LogP contribution is -2.58. The second-order valence-corrected chi connectivity index (χ2v) is 6.21. The molecule has 0 aromatic heterocycles. The van der Waals surface area contributed by atoms with Crippen molar-refractivity contribution in [2.75, 3.05) is 13.6 Å². The predicted molar refractivity (Wildman–Crippen MR) is 74.1 cm³/mol. The third kappa shape index (κ3) is 2.39.